The number of ether oxygens (including phenoxy) is 1. The number of hydrogen-bond donors (Lipinski definition) is 1. The van der Waals surface area contributed by atoms with Crippen molar-refractivity contribution in [1.29, 1.82) is 0 Å². The van der Waals surface area contributed by atoms with E-state index in [9.17, 15) is 4.39 Å². The first-order valence-electron chi connectivity index (χ1n) is 9.93. The number of rotatable bonds is 7. The van der Waals surface area contributed by atoms with E-state index >= 15 is 0 Å². The summed E-state index contributed by atoms with van der Waals surface area (Å²) in [5.74, 6) is 8.16. The molecule has 166 valence electrons. The molecule has 0 bridgehead atoms. The molecule has 2 N–H and O–H groups in total. The van der Waals surface area contributed by atoms with Crippen LogP contribution in [0.2, 0.25) is 0 Å². The van der Waals surface area contributed by atoms with Crippen LogP contribution in [0.5, 0.6) is 5.75 Å². The molecule has 0 aliphatic heterocycles. The maximum atomic E-state index is 13.1. The number of aromatic nitrogens is 5. The maximum absolute atomic E-state index is 13.1. The minimum Gasteiger partial charge on any atom is -0.486 e. The Labute approximate surface area is 189 Å². The molecule has 0 saturated heterocycles. The molecule has 2 heterocycles. The Hall–Kier alpha value is -3.40. The van der Waals surface area contributed by atoms with Gasteiger partial charge in [-0.1, -0.05) is 49.8 Å². The molecule has 0 aliphatic carbocycles. The lowest BCUT2D eigenvalue weighted by Crippen LogP contribution is -2.16. The highest BCUT2D eigenvalue weighted by molar-refractivity contribution is 7.98. The molecule has 0 amide bonds. The molecule has 0 fully saturated rings. The van der Waals surface area contributed by atoms with Gasteiger partial charge in [0.1, 0.15) is 18.2 Å². The summed E-state index contributed by atoms with van der Waals surface area (Å²) in [6.07, 6.45) is 0. The van der Waals surface area contributed by atoms with Crippen molar-refractivity contribution in [3.05, 3.63) is 71.6 Å². The van der Waals surface area contributed by atoms with Gasteiger partial charge in [-0.2, -0.15) is 4.98 Å². The first-order valence-corrected chi connectivity index (χ1v) is 10.9. The van der Waals surface area contributed by atoms with Gasteiger partial charge in [0.05, 0.1) is 5.75 Å². The minimum absolute atomic E-state index is 0.0836. The van der Waals surface area contributed by atoms with Crippen molar-refractivity contribution in [2.75, 3.05) is 5.84 Å². The number of nitrogens with zero attached hydrogens (tertiary/aromatic N) is 5. The topological polar surface area (TPSA) is 105 Å². The SMILES string of the molecule is CC(C)(C)c1ccc(OCc2nnc(SCc3nc(-c4ccc(F)cc4)no3)n2N)cc1. The van der Waals surface area contributed by atoms with Crippen molar-refractivity contribution in [2.45, 2.75) is 43.7 Å². The first-order chi connectivity index (χ1) is 15.3. The smallest absolute Gasteiger partial charge is 0.237 e. The van der Waals surface area contributed by atoms with E-state index in [2.05, 4.69) is 41.1 Å². The Bertz CT molecular complexity index is 1180. The summed E-state index contributed by atoms with van der Waals surface area (Å²) < 4.78 is 25.5. The van der Waals surface area contributed by atoms with E-state index in [0.717, 1.165) is 5.75 Å². The summed E-state index contributed by atoms with van der Waals surface area (Å²) in [7, 11) is 0. The van der Waals surface area contributed by atoms with Crippen LogP contribution in [0.15, 0.2) is 58.2 Å². The molecule has 10 heteroatoms. The molecule has 32 heavy (non-hydrogen) atoms. The molecule has 0 saturated carbocycles. The van der Waals surface area contributed by atoms with Crippen molar-refractivity contribution >= 4 is 11.8 Å². The third-order valence-electron chi connectivity index (χ3n) is 4.72. The third-order valence-corrected chi connectivity index (χ3v) is 5.65. The van der Waals surface area contributed by atoms with E-state index in [1.165, 1.54) is 34.1 Å². The number of nitrogen functional groups attached to an aromatic ring is 1. The summed E-state index contributed by atoms with van der Waals surface area (Å²) in [5, 5.41) is 12.6. The van der Waals surface area contributed by atoms with Crippen molar-refractivity contribution < 1.29 is 13.7 Å². The molecule has 2 aromatic carbocycles. The second-order valence-corrected chi connectivity index (χ2v) is 9.08. The summed E-state index contributed by atoms with van der Waals surface area (Å²) >= 11 is 1.31. The van der Waals surface area contributed by atoms with Gasteiger partial charge in [-0.3, -0.25) is 0 Å². The molecule has 0 radical (unpaired) electrons. The maximum Gasteiger partial charge on any atom is 0.237 e. The Morgan fingerprint density at radius 3 is 2.47 bits per heavy atom. The van der Waals surface area contributed by atoms with Gasteiger partial charge >= 0.3 is 0 Å². The van der Waals surface area contributed by atoms with Crippen LogP contribution in [0, 0.1) is 5.82 Å². The van der Waals surface area contributed by atoms with Crippen molar-refractivity contribution in [3.63, 3.8) is 0 Å². The predicted octanol–water partition coefficient (Wildman–Crippen LogP) is 4.35. The van der Waals surface area contributed by atoms with Crippen LogP contribution in [0.4, 0.5) is 4.39 Å². The van der Waals surface area contributed by atoms with E-state index in [1.807, 2.05) is 24.3 Å². The Kier molecular flexibility index (Phi) is 6.13. The number of thioether (sulfide) groups is 1. The number of benzene rings is 2. The first kappa shape index (κ1) is 21.8. The van der Waals surface area contributed by atoms with Crippen molar-refractivity contribution in [3.8, 4) is 17.1 Å². The summed E-state index contributed by atoms with van der Waals surface area (Å²) in [6, 6.07) is 13.8. The quantitative estimate of drug-likeness (QED) is 0.325. The van der Waals surface area contributed by atoms with Crippen LogP contribution in [0.25, 0.3) is 11.4 Å². The monoisotopic (exact) mass is 454 g/mol. The van der Waals surface area contributed by atoms with E-state index < -0.39 is 0 Å². The molecule has 8 nitrogen and oxygen atoms in total. The zero-order valence-corrected chi connectivity index (χ0v) is 18.8. The molecular weight excluding hydrogens is 431 g/mol. The van der Waals surface area contributed by atoms with Gasteiger partial charge in [-0.25, -0.2) is 9.07 Å². The zero-order valence-electron chi connectivity index (χ0n) is 17.9. The van der Waals surface area contributed by atoms with Crippen molar-refractivity contribution in [1.82, 2.24) is 25.0 Å². The fourth-order valence-electron chi connectivity index (χ4n) is 2.86. The van der Waals surface area contributed by atoms with Crippen LogP contribution >= 0.6 is 11.8 Å². The lowest BCUT2D eigenvalue weighted by molar-refractivity contribution is 0.291. The van der Waals surface area contributed by atoms with Gasteiger partial charge in [0, 0.05) is 5.56 Å². The standard InChI is InChI=1S/C22H23FN6O2S/c1-22(2,3)15-6-10-17(11-7-15)30-12-18-26-27-21(29(18)24)32-13-19-25-20(28-31-19)14-4-8-16(23)9-5-14/h4-11H,12-13,24H2,1-3H3. The van der Waals surface area contributed by atoms with Crippen molar-refractivity contribution in [2.24, 2.45) is 0 Å². The second-order valence-electron chi connectivity index (χ2n) is 8.14. The van der Waals surface area contributed by atoms with Gasteiger partial charge in [0.2, 0.25) is 16.9 Å². The zero-order chi connectivity index (χ0) is 22.7. The molecular formula is C22H23FN6O2S. The largest absolute Gasteiger partial charge is 0.486 e. The highest BCUT2D eigenvalue weighted by Crippen LogP contribution is 2.25. The van der Waals surface area contributed by atoms with E-state index in [1.54, 1.807) is 12.1 Å². The number of halogens is 1. The summed E-state index contributed by atoms with van der Waals surface area (Å²) in [6.45, 7) is 6.68. The summed E-state index contributed by atoms with van der Waals surface area (Å²) in [5.41, 5.74) is 1.98. The van der Waals surface area contributed by atoms with Gasteiger partial charge in [-0.15, -0.1) is 10.2 Å². The van der Waals surface area contributed by atoms with E-state index in [0.29, 0.717) is 34.0 Å². The number of nitrogens with two attached hydrogens (primary N) is 1. The lowest BCUT2D eigenvalue weighted by atomic mass is 9.87. The van der Waals surface area contributed by atoms with Crippen LogP contribution in [0.3, 0.4) is 0 Å². The van der Waals surface area contributed by atoms with E-state index in [-0.39, 0.29) is 17.8 Å². The van der Waals surface area contributed by atoms with Crippen LogP contribution in [0.1, 0.15) is 38.0 Å². The Morgan fingerprint density at radius 2 is 1.78 bits per heavy atom. The Morgan fingerprint density at radius 1 is 1.06 bits per heavy atom. The highest BCUT2D eigenvalue weighted by Gasteiger charge is 2.15. The molecule has 0 unspecified atom stereocenters. The average Bonchev–Trinajstić information content (AvgIpc) is 3.38. The summed E-state index contributed by atoms with van der Waals surface area (Å²) in [4.78, 5) is 4.32. The van der Waals surface area contributed by atoms with Gasteiger partial charge in [0.25, 0.3) is 0 Å². The molecule has 0 spiro atoms. The van der Waals surface area contributed by atoms with E-state index in [4.69, 9.17) is 15.1 Å². The number of hydrogen-bond acceptors (Lipinski definition) is 8. The fourth-order valence-corrected chi connectivity index (χ4v) is 3.57. The van der Waals surface area contributed by atoms with Crippen LogP contribution < -0.4 is 10.6 Å². The van der Waals surface area contributed by atoms with Gasteiger partial charge in [-0.05, 0) is 47.4 Å². The molecule has 4 rings (SSSR count). The highest BCUT2D eigenvalue weighted by atomic mass is 32.2. The minimum atomic E-state index is -0.322. The van der Waals surface area contributed by atoms with Gasteiger partial charge in [0.15, 0.2) is 5.82 Å². The second kappa shape index (κ2) is 8.99. The molecule has 4 aromatic rings. The lowest BCUT2D eigenvalue weighted by Gasteiger charge is -2.19. The normalized spacial score (nSPS) is 11.6. The van der Waals surface area contributed by atoms with Gasteiger partial charge < -0.3 is 15.1 Å². The Balaban J connectivity index is 1.34. The predicted molar refractivity (Wildman–Crippen MR) is 119 cm³/mol. The van der Waals surface area contributed by atoms with Crippen LogP contribution in [-0.4, -0.2) is 25.0 Å². The third kappa shape index (κ3) is 5.08. The molecule has 2 aromatic heterocycles. The van der Waals surface area contributed by atoms with Crippen LogP contribution in [-0.2, 0) is 17.8 Å². The fraction of sp³-hybridized carbons (Fsp3) is 0.273. The molecule has 0 aliphatic rings. The molecule has 0 atom stereocenters. The average molecular weight is 455 g/mol.